The Kier molecular flexibility index (Phi) is 8.30. The molecule has 1 aliphatic carbocycles. The van der Waals surface area contributed by atoms with Crippen LogP contribution in [-0.2, 0) is 19.1 Å². The third-order valence-electron chi connectivity index (χ3n) is 7.73. The zero-order valence-corrected chi connectivity index (χ0v) is 24.7. The highest BCUT2D eigenvalue weighted by Gasteiger charge is 2.51. The normalized spacial score (nSPS) is 22.9. The lowest BCUT2D eigenvalue weighted by Crippen LogP contribution is -2.46. The first-order valence-corrected chi connectivity index (χ1v) is 13.0. The summed E-state index contributed by atoms with van der Waals surface area (Å²) in [5, 5.41) is 12.3. The highest BCUT2D eigenvalue weighted by molar-refractivity contribution is 5.91. The van der Waals surface area contributed by atoms with Crippen molar-refractivity contribution in [2.24, 2.45) is 5.92 Å². The molecule has 4 rings (SSSR count). The average Bonchev–Trinajstić information content (AvgIpc) is 3.43. The van der Waals surface area contributed by atoms with Gasteiger partial charge in [0.1, 0.15) is 11.7 Å². The lowest BCUT2D eigenvalue weighted by Gasteiger charge is -2.43. The molecule has 4 atom stereocenters. The highest BCUT2D eigenvalue weighted by atomic mass is 16.7. The number of carbonyl (C=O) groups excluding carboxylic acids is 2. The summed E-state index contributed by atoms with van der Waals surface area (Å²) in [6.07, 6.45) is -0.735. The van der Waals surface area contributed by atoms with Crippen LogP contribution in [0.1, 0.15) is 58.0 Å². The Hall–Kier alpha value is -4.12. The summed E-state index contributed by atoms with van der Waals surface area (Å²) in [6.45, 7) is 7.78. The Balaban J connectivity index is 2.25. The van der Waals surface area contributed by atoms with Gasteiger partial charge < -0.3 is 43.0 Å². The molecular formula is C30H36O11. The largest absolute Gasteiger partial charge is 0.493 e. The van der Waals surface area contributed by atoms with Crippen LogP contribution in [0, 0.1) is 5.92 Å². The summed E-state index contributed by atoms with van der Waals surface area (Å²) < 4.78 is 46.6. The summed E-state index contributed by atoms with van der Waals surface area (Å²) in [5.74, 6) is -0.373. The van der Waals surface area contributed by atoms with Crippen molar-refractivity contribution in [2.45, 2.75) is 52.4 Å². The molecule has 0 spiro atoms. The number of carbonyl (C=O) groups is 2. The Morgan fingerprint density at radius 3 is 2.12 bits per heavy atom. The van der Waals surface area contributed by atoms with Gasteiger partial charge in [0.05, 0.1) is 28.4 Å². The molecule has 11 heteroatoms. The van der Waals surface area contributed by atoms with Crippen LogP contribution in [0.25, 0.3) is 11.1 Å². The fraction of sp³-hybridized carbons (Fsp3) is 0.467. The zero-order valence-electron chi connectivity index (χ0n) is 24.7. The third kappa shape index (κ3) is 4.88. The summed E-state index contributed by atoms with van der Waals surface area (Å²) in [4.78, 5) is 25.7. The van der Waals surface area contributed by atoms with E-state index < -0.39 is 35.7 Å². The molecule has 1 N–H and O–H groups in total. The van der Waals surface area contributed by atoms with Gasteiger partial charge in [0, 0.05) is 40.7 Å². The standard InChI is InChI=1S/C30H36O11/c1-10-14(2)29(32)41-28-18-12-19(34-6)24(35-7)26(36-8)22(18)21-17(11-20-25(27(21)37-9)39-13-38-20)23(40-16(4)31)15(3)30(28,5)33/h10-12,15,23,28,33H,13H2,1-9H3/b14-10-/t15-,23+,28-,30-/m0/s1. The van der Waals surface area contributed by atoms with Crippen LogP contribution in [0.2, 0.25) is 0 Å². The lowest BCUT2D eigenvalue weighted by atomic mass is 9.71. The highest BCUT2D eigenvalue weighted by Crippen LogP contribution is 2.61. The first kappa shape index (κ1) is 29.9. The number of allylic oxidation sites excluding steroid dienone is 1. The summed E-state index contributed by atoms with van der Waals surface area (Å²) >= 11 is 0. The van der Waals surface area contributed by atoms with Gasteiger partial charge in [-0.25, -0.2) is 4.79 Å². The number of aliphatic hydroxyl groups is 1. The van der Waals surface area contributed by atoms with Gasteiger partial charge in [-0.1, -0.05) is 13.0 Å². The summed E-state index contributed by atoms with van der Waals surface area (Å²) in [6, 6.07) is 3.32. The number of methoxy groups -OCH3 is 4. The van der Waals surface area contributed by atoms with Crippen LogP contribution in [0.15, 0.2) is 23.8 Å². The van der Waals surface area contributed by atoms with Crippen LogP contribution >= 0.6 is 0 Å². The lowest BCUT2D eigenvalue weighted by molar-refractivity contribution is -0.182. The topological polar surface area (TPSA) is 128 Å². The Morgan fingerprint density at radius 1 is 0.927 bits per heavy atom. The fourth-order valence-corrected chi connectivity index (χ4v) is 5.32. The van der Waals surface area contributed by atoms with Gasteiger partial charge in [-0.3, -0.25) is 4.79 Å². The summed E-state index contributed by atoms with van der Waals surface area (Å²) in [7, 11) is 5.84. The minimum absolute atomic E-state index is 0.0567. The quantitative estimate of drug-likeness (QED) is 0.367. The molecule has 0 aromatic heterocycles. The minimum Gasteiger partial charge on any atom is -0.493 e. The van der Waals surface area contributed by atoms with Crippen molar-refractivity contribution in [1.29, 1.82) is 0 Å². The van der Waals surface area contributed by atoms with Gasteiger partial charge in [-0.2, -0.15) is 0 Å². The maximum atomic E-state index is 13.2. The number of hydrogen-bond acceptors (Lipinski definition) is 11. The first-order valence-electron chi connectivity index (χ1n) is 13.0. The molecule has 0 radical (unpaired) electrons. The average molecular weight is 573 g/mol. The van der Waals surface area contributed by atoms with Crippen molar-refractivity contribution in [1.82, 2.24) is 0 Å². The Bertz CT molecular complexity index is 1390. The van der Waals surface area contributed by atoms with Crippen molar-refractivity contribution in [3.63, 3.8) is 0 Å². The smallest absolute Gasteiger partial charge is 0.334 e. The third-order valence-corrected chi connectivity index (χ3v) is 7.73. The first-order chi connectivity index (χ1) is 19.5. The van der Waals surface area contributed by atoms with E-state index in [0.717, 1.165) is 0 Å². The molecule has 11 nitrogen and oxygen atoms in total. The molecule has 0 amide bonds. The van der Waals surface area contributed by atoms with E-state index in [4.69, 9.17) is 37.9 Å². The van der Waals surface area contributed by atoms with Crippen molar-refractivity contribution in [3.05, 3.63) is 34.9 Å². The maximum absolute atomic E-state index is 13.2. The molecule has 1 heterocycles. The van der Waals surface area contributed by atoms with E-state index in [9.17, 15) is 14.7 Å². The summed E-state index contributed by atoms with van der Waals surface area (Å²) in [5.41, 5.74) is 0.105. The fourth-order valence-electron chi connectivity index (χ4n) is 5.32. The van der Waals surface area contributed by atoms with Crippen LogP contribution < -0.4 is 28.4 Å². The van der Waals surface area contributed by atoms with Crippen molar-refractivity contribution in [2.75, 3.05) is 35.2 Å². The van der Waals surface area contributed by atoms with E-state index in [-0.39, 0.29) is 29.8 Å². The second kappa shape index (κ2) is 11.4. The number of ether oxygens (including phenoxy) is 8. The van der Waals surface area contributed by atoms with Gasteiger partial charge in [0.25, 0.3) is 0 Å². The molecule has 1 aliphatic heterocycles. The second-order valence-electron chi connectivity index (χ2n) is 10.0. The number of esters is 2. The number of fused-ring (bicyclic) bond motifs is 4. The van der Waals surface area contributed by atoms with E-state index in [1.165, 1.54) is 42.3 Å². The molecular weight excluding hydrogens is 536 g/mol. The SMILES string of the molecule is C/C=C(/C)C(=O)O[C@H]1c2cc(OC)c(OC)c(OC)c2-c2c(cc3c(c2OC)OCO3)[C@H](OC(C)=O)[C@H](C)[C@]1(C)O. The van der Waals surface area contributed by atoms with Gasteiger partial charge in [-0.15, -0.1) is 0 Å². The predicted octanol–water partition coefficient (Wildman–Crippen LogP) is 4.67. The second-order valence-corrected chi connectivity index (χ2v) is 10.0. The van der Waals surface area contributed by atoms with Gasteiger partial charge in [0.2, 0.25) is 18.3 Å². The van der Waals surface area contributed by atoms with E-state index in [2.05, 4.69) is 0 Å². The van der Waals surface area contributed by atoms with Crippen LogP contribution in [0.5, 0.6) is 34.5 Å². The van der Waals surface area contributed by atoms with Gasteiger partial charge in [-0.05, 0) is 32.9 Å². The predicted molar refractivity (Wildman–Crippen MR) is 147 cm³/mol. The number of rotatable bonds is 7. The Morgan fingerprint density at radius 2 is 1.56 bits per heavy atom. The maximum Gasteiger partial charge on any atom is 0.334 e. The van der Waals surface area contributed by atoms with E-state index >= 15 is 0 Å². The molecule has 0 saturated carbocycles. The molecule has 222 valence electrons. The molecule has 0 bridgehead atoms. The molecule has 0 unspecified atom stereocenters. The molecule has 0 fully saturated rings. The Labute approximate surface area is 238 Å². The molecule has 2 aromatic rings. The van der Waals surface area contributed by atoms with Gasteiger partial charge in [0.15, 0.2) is 29.1 Å². The zero-order chi connectivity index (χ0) is 30.2. The molecule has 41 heavy (non-hydrogen) atoms. The van der Waals surface area contributed by atoms with E-state index in [1.54, 1.807) is 39.0 Å². The van der Waals surface area contributed by atoms with Gasteiger partial charge >= 0.3 is 11.9 Å². The van der Waals surface area contributed by atoms with Crippen molar-refractivity contribution in [3.8, 4) is 45.6 Å². The van der Waals surface area contributed by atoms with Crippen LogP contribution in [-0.4, -0.2) is 57.9 Å². The molecule has 0 saturated heterocycles. The monoisotopic (exact) mass is 572 g/mol. The van der Waals surface area contributed by atoms with Crippen molar-refractivity contribution >= 4 is 11.9 Å². The van der Waals surface area contributed by atoms with E-state index in [1.807, 2.05) is 0 Å². The van der Waals surface area contributed by atoms with Crippen molar-refractivity contribution < 1.29 is 52.6 Å². The number of benzene rings is 2. The van der Waals surface area contributed by atoms with E-state index in [0.29, 0.717) is 39.3 Å². The van der Waals surface area contributed by atoms with Crippen LogP contribution in [0.3, 0.4) is 0 Å². The number of hydrogen-bond donors (Lipinski definition) is 1. The molecule has 2 aromatic carbocycles. The van der Waals surface area contributed by atoms with Crippen LogP contribution in [0.4, 0.5) is 0 Å². The minimum atomic E-state index is -1.80. The molecule has 2 aliphatic rings.